The molecule has 0 saturated carbocycles. The van der Waals surface area contributed by atoms with Crippen LogP contribution >= 0.6 is 0 Å². The number of carbonyl (C=O) groups excluding carboxylic acids is 2. The van der Waals surface area contributed by atoms with Crippen molar-refractivity contribution in [1.29, 1.82) is 0 Å². The third kappa shape index (κ3) is 8.92. The molecule has 132 valence electrons. The maximum absolute atomic E-state index is 11.3. The highest BCUT2D eigenvalue weighted by molar-refractivity contribution is 6.08. The number of hydrogen-bond acceptors (Lipinski definition) is 3. The van der Waals surface area contributed by atoms with Crippen molar-refractivity contribution in [3.63, 3.8) is 0 Å². The van der Waals surface area contributed by atoms with Crippen LogP contribution in [-0.2, 0) is 14.3 Å². The van der Waals surface area contributed by atoms with Crippen LogP contribution in [0.4, 0.5) is 0 Å². The molecule has 23 heavy (non-hydrogen) atoms. The van der Waals surface area contributed by atoms with Crippen LogP contribution in [0.2, 0.25) is 0 Å². The molecule has 0 amide bonds. The Hall–Kier alpha value is -1.12. The number of carbonyl (C=O) groups is 2. The fraction of sp³-hybridized carbons (Fsp3) is 0.800. The Kier molecular flexibility index (Phi) is 9.20. The van der Waals surface area contributed by atoms with Gasteiger partial charge in [0.15, 0.2) is 0 Å². The van der Waals surface area contributed by atoms with Crippen LogP contribution in [0.3, 0.4) is 0 Å². The van der Waals surface area contributed by atoms with E-state index in [1.165, 1.54) is 44.6 Å². The Labute approximate surface area is 141 Å². The molecule has 2 unspecified atom stereocenters. The first-order valence-corrected chi connectivity index (χ1v) is 9.35. The summed E-state index contributed by atoms with van der Waals surface area (Å²) in [6.45, 7) is 9.25. The largest absolute Gasteiger partial charge is 0.386 e. The number of ether oxygens (including phenoxy) is 1. The summed E-state index contributed by atoms with van der Waals surface area (Å²) in [7, 11) is 0. The first kappa shape index (κ1) is 19.9. The van der Waals surface area contributed by atoms with Crippen LogP contribution in [0.15, 0.2) is 11.6 Å². The van der Waals surface area contributed by atoms with E-state index in [0.29, 0.717) is 17.9 Å². The molecule has 1 heterocycles. The van der Waals surface area contributed by atoms with Gasteiger partial charge in [-0.2, -0.15) is 0 Å². The summed E-state index contributed by atoms with van der Waals surface area (Å²) in [5.74, 6) is 1.39. The van der Waals surface area contributed by atoms with Gasteiger partial charge in [0.25, 0.3) is 0 Å². The number of esters is 2. The van der Waals surface area contributed by atoms with Gasteiger partial charge < -0.3 is 4.74 Å². The van der Waals surface area contributed by atoms with Crippen LogP contribution in [0.1, 0.15) is 85.5 Å². The predicted molar refractivity (Wildman–Crippen MR) is 93.9 cm³/mol. The first-order valence-electron chi connectivity index (χ1n) is 9.35. The predicted octanol–water partition coefficient (Wildman–Crippen LogP) is 5.44. The van der Waals surface area contributed by atoms with Crippen molar-refractivity contribution >= 4 is 11.9 Å². The number of rotatable bonds is 12. The molecule has 0 aromatic carbocycles. The Bertz CT molecular complexity index is 409. The SMILES string of the molecule is CC(C)CCCC(C)CCCC(C)CCCC1=CC(=O)OC1=O. The minimum Gasteiger partial charge on any atom is -0.386 e. The van der Waals surface area contributed by atoms with Gasteiger partial charge in [0.1, 0.15) is 0 Å². The zero-order valence-electron chi connectivity index (χ0n) is 15.4. The summed E-state index contributed by atoms with van der Waals surface area (Å²) in [4.78, 5) is 22.3. The van der Waals surface area contributed by atoms with E-state index >= 15 is 0 Å². The molecule has 0 aromatic heterocycles. The monoisotopic (exact) mass is 322 g/mol. The molecule has 1 aliphatic heterocycles. The van der Waals surface area contributed by atoms with E-state index in [1.54, 1.807) is 0 Å². The average molecular weight is 322 g/mol. The summed E-state index contributed by atoms with van der Waals surface area (Å²) in [6, 6.07) is 0. The van der Waals surface area contributed by atoms with E-state index in [0.717, 1.165) is 24.7 Å². The molecule has 1 rings (SSSR count). The molecular formula is C20H34O3. The van der Waals surface area contributed by atoms with Crippen LogP contribution in [0, 0.1) is 17.8 Å². The van der Waals surface area contributed by atoms with Gasteiger partial charge in [-0.3, -0.25) is 0 Å². The number of cyclic esters (lactones) is 2. The molecule has 0 radical (unpaired) electrons. The lowest BCUT2D eigenvalue weighted by Gasteiger charge is -2.15. The van der Waals surface area contributed by atoms with Gasteiger partial charge in [0.05, 0.1) is 0 Å². The molecule has 0 aromatic rings. The van der Waals surface area contributed by atoms with Crippen molar-refractivity contribution in [3.05, 3.63) is 11.6 Å². The van der Waals surface area contributed by atoms with E-state index in [-0.39, 0.29) is 0 Å². The second-order valence-electron chi connectivity index (χ2n) is 7.74. The van der Waals surface area contributed by atoms with Crippen molar-refractivity contribution in [2.45, 2.75) is 85.5 Å². The number of hydrogen-bond donors (Lipinski definition) is 0. The Morgan fingerprint density at radius 2 is 1.35 bits per heavy atom. The highest BCUT2D eigenvalue weighted by atomic mass is 16.6. The van der Waals surface area contributed by atoms with Gasteiger partial charge >= 0.3 is 11.9 Å². The summed E-state index contributed by atoms with van der Waals surface area (Å²) in [6.07, 6.45) is 12.0. The molecule has 3 nitrogen and oxygen atoms in total. The minimum atomic E-state index is -0.510. The lowest BCUT2D eigenvalue weighted by Crippen LogP contribution is -2.03. The van der Waals surface area contributed by atoms with Crippen LogP contribution < -0.4 is 0 Å². The van der Waals surface area contributed by atoms with Crippen molar-refractivity contribution in [2.75, 3.05) is 0 Å². The third-order valence-corrected chi connectivity index (χ3v) is 4.76. The zero-order chi connectivity index (χ0) is 17.2. The zero-order valence-corrected chi connectivity index (χ0v) is 15.4. The highest BCUT2D eigenvalue weighted by Gasteiger charge is 2.22. The summed E-state index contributed by atoms with van der Waals surface area (Å²) < 4.78 is 4.50. The fourth-order valence-corrected chi connectivity index (χ4v) is 3.18. The van der Waals surface area contributed by atoms with Crippen LogP contribution in [0.5, 0.6) is 0 Å². The van der Waals surface area contributed by atoms with Crippen molar-refractivity contribution in [2.24, 2.45) is 17.8 Å². The highest BCUT2D eigenvalue weighted by Crippen LogP contribution is 2.23. The van der Waals surface area contributed by atoms with Crippen LogP contribution in [-0.4, -0.2) is 11.9 Å². The molecule has 0 spiro atoms. The van der Waals surface area contributed by atoms with E-state index in [9.17, 15) is 9.59 Å². The van der Waals surface area contributed by atoms with E-state index in [1.807, 2.05) is 0 Å². The Morgan fingerprint density at radius 3 is 1.83 bits per heavy atom. The average Bonchev–Trinajstić information content (AvgIpc) is 2.76. The second kappa shape index (κ2) is 10.6. The smallest absolute Gasteiger partial charge is 0.342 e. The minimum absolute atomic E-state index is 0.446. The normalized spacial score (nSPS) is 17.3. The van der Waals surface area contributed by atoms with E-state index < -0.39 is 11.9 Å². The molecular weight excluding hydrogens is 288 g/mol. The topological polar surface area (TPSA) is 43.4 Å². The van der Waals surface area contributed by atoms with Crippen LogP contribution in [0.25, 0.3) is 0 Å². The molecule has 0 fully saturated rings. The van der Waals surface area contributed by atoms with Gasteiger partial charge in [-0.15, -0.1) is 0 Å². The second-order valence-corrected chi connectivity index (χ2v) is 7.74. The fourth-order valence-electron chi connectivity index (χ4n) is 3.18. The summed E-state index contributed by atoms with van der Waals surface area (Å²) in [5.41, 5.74) is 0.543. The lowest BCUT2D eigenvalue weighted by atomic mass is 9.91. The molecule has 0 saturated heterocycles. The Balaban J connectivity index is 2.04. The van der Waals surface area contributed by atoms with Gasteiger partial charge in [-0.1, -0.05) is 72.6 Å². The van der Waals surface area contributed by atoms with Gasteiger partial charge in [-0.25, -0.2) is 9.59 Å². The standard InChI is InChI=1S/C20H34O3/c1-15(2)8-5-9-16(3)10-6-11-17(4)12-7-13-18-14-19(21)23-20(18)22/h14-17H,5-13H2,1-4H3. The van der Waals surface area contributed by atoms with Crippen molar-refractivity contribution < 1.29 is 14.3 Å². The molecule has 0 N–H and O–H groups in total. The summed E-state index contributed by atoms with van der Waals surface area (Å²) >= 11 is 0. The van der Waals surface area contributed by atoms with Crippen molar-refractivity contribution in [1.82, 2.24) is 0 Å². The van der Waals surface area contributed by atoms with E-state index in [4.69, 9.17) is 0 Å². The van der Waals surface area contributed by atoms with Gasteiger partial charge in [0, 0.05) is 11.6 Å². The third-order valence-electron chi connectivity index (χ3n) is 4.76. The van der Waals surface area contributed by atoms with Gasteiger partial charge in [0.2, 0.25) is 0 Å². The molecule has 3 heteroatoms. The molecule has 0 bridgehead atoms. The van der Waals surface area contributed by atoms with E-state index in [2.05, 4.69) is 32.4 Å². The molecule has 2 atom stereocenters. The quantitative estimate of drug-likeness (QED) is 0.355. The lowest BCUT2D eigenvalue weighted by molar-refractivity contribution is -0.150. The van der Waals surface area contributed by atoms with Crippen molar-refractivity contribution in [3.8, 4) is 0 Å². The Morgan fingerprint density at radius 1 is 0.826 bits per heavy atom. The maximum Gasteiger partial charge on any atom is 0.342 e. The molecule has 1 aliphatic rings. The maximum atomic E-state index is 11.3. The summed E-state index contributed by atoms with van der Waals surface area (Å²) in [5, 5.41) is 0. The van der Waals surface area contributed by atoms with Gasteiger partial charge in [-0.05, 0) is 30.6 Å². The first-order chi connectivity index (χ1) is 10.9. The molecule has 0 aliphatic carbocycles.